The number of amides is 6. The third-order valence-electron chi connectivity index (χ3n) is 4.94. The van der Waals surface area contributed by atoms with E-state index in [9.17, 15) is 33.6 Å². The number of nitrogens with zero attached hydrogens (tertiary/aromatic N) is 1. The van der Waals surface area contributed by atoms with Gasteiger partial charge in [0.25, 0.3) is 0 Å². The highest BCUT2D eigenvalue weighted by Gasteiger charge is 2.30. The molecule has 0 bridgehead atoms. The molecule has 1 heterocycles. The van der Waals surface area contributed by atoms with Crippen LogP contribution in [0.15, 0.2) is 4.99 Å². The van der Waals surface area contributed by atoms with Gasteiger partial charge in [0.2, 0.25) is 35.4 Å². The summed E-state index contributed by atoms with van der Waals surface area (Å²) in [6.07, 6.45) is -0.469. The lowest BCUT2D eigenvalue weighted by atomic mass is 10.1. The fourth-order valence-electron chi connectivity index (χ4n) is 3.09. The number of aliphatic imine (C=N–C) groups is 1. The number of aliphatic carboxylic acids is 1. The van der Waals surface area contributed by atoms with Crippen molar-refractivity contribution in [1.82, 2.24) is 26.6 Å². The van der Waals surface area contributed by atoms with Crippen LogP contribution in [0.2, 0.25) is 0 Å². The van der Waals surface area contributed by atoms with Crippen molar-refractivity contribution in [3.05, 3.63) is 0 Å². The molecule has 1 saturated heterocycles. The molecule has 12 N–H and O–H groups in total. The van der Waals surface area contributed by atoms with Crippen molar-refractivity contribution in [2.45, 2.75) is 50.4 Å². The van der Waals surface area contributed by atoms with Crippen LogP contribution >= 0.6 is 21.6 Å². The average molecular weight is 592 g/mol. The maximum absolute atomic E-state index is 13.0. The van der Waals surface area contributed by atoms with Gasteiger partial charge in [-0.05, 0) is 12.8 Å². The highest BCUT2D eigenvalue weighted by atomic mass is 33.1. The van der Waals surface area contributed by atoms with Crippen LogP contribution in [0.4, 0.5) is 0 Å². The van der Waals surface area contributed by atoms with Gasteiger partial charge in [0.05, 0.1) is 13.0 Å². The average Bonchev–Trinajstić information content (AvgIpc) is 2.83. The van der Waals surface area contributed by atoms with E-state index >= 15 is 0 Å². The summed E-state index contributed by atoms with van der Waals surface area (Å²) < 4.78 is 0. The first-order valence-electron chi connectivity index (χ1n) is 11.6. The summed E-state index contributed by atoms with van der Waals surface area (Å²) in [4.78, 5) is 89.5. The van der Waals surface area contributed by atoms with Crippen molar-refractivity contribution in [3.63, 3.8) is 0 Å². The van der Waals surface area contributed by atoms with E-state index in [-0.39, 0.29) is 36.9 Å². The van der Waals surface area contributed by atoms with Gasteiger partial charge in [0, 0.05) is 25.0 Å². The van der Waals surface area contributed by atoms with E-state index in [1.807, 2.05) is 0 Å². The first-order valence-corrected chi connectivity index (χ1v) is 14.0. The number of hydrogen-bond donors (Lipinski definition) is 9. The number of carboxylic acid groups (broad SMARTS) is 1. The van der Waals surface area contributed by atoms with Gasteiger partial charge in [0.15, 0.2) is 5.96 Å². The maximum Gasteiger partial charge on any atom is 0.305 e. The lowest BCUT2D eigenvalue weighted by molar-refractivity contribution is -0.141. The number of hydrogen-bond acceptors (Lipinski definition) is 10. The molecule has 1 aliphatic rings. The molecule has 0 aromatic heterocycles. The number of carbonyl (C=O) groups excluding carboxylic acids is 6. The Hall–Kier alpha value is -3.74. The second-order valence-corrected chi connectivity index (χ2v) is 10.8. The van der Waals surface area contributed by atoms with Crippen molar-refractivity contribution in [1.29, 1.82) is 0 Å². The lowest BCUT2D eigenvalue weighted by Gasteiger charge is -2.22. The van der Waals surface area contributed by atoms with Gasteiger partial charge in [-0.15, -0.1) is 0 Å². The number of primary amides is 1. The van der Waals surface area contributed by atoms with Crippen LogP contribution < -0.4 is 43.8 Å². The summed E-state index contributed by atoms with van der Waals surface area (Å²) in [5.74, 6) is -6.37. The number of nitrogens with one attached hydrogen (secondary N) is 5. The second-order valence-electron chi connectivity index (χ2n) is 8.23. The van der Waals surface area contributed by atoms with Crippen molar-refractivity contribution in [2.75, 3.05) is 24.6 Å². The van der Waals surface area contributed by atoms with E-state index in [0.29, 0.717) is 0 Å². The molecule has 4 unspecified atom stereocenters. The third-order valence-corrected chi connectivity index (χ3v) is 7.36. The smallest absolute Gasteiger partial charge is 0.305 e. The zero-order valence-corrected chi connectivity index (χ0v) is 22.7. The van der Waals surface area contributed by atoms with Gasteiger partial charge < -0.3 is 48.9 Å². The van der Waals surface area contributed by atoms with E-state index in [4.69, 9.17) is 22.3 Å². The number of carbonyl (C=O) groups is 7. The van der Waals surface area contributed by atoms with Gasteiger partial charge in [-0.1, -0.05) is 21.6 Å². The molecule has 1 aliphatic heterocycles. The second kappa shape index (κ2) is 17.0. The van der Waals surface area contributed by atoms with E-state index in [1.165, 1.54) is 6.92 Å². The lowest BCUT2D eigenvalue weighted by Crippen LogP contribution is -2.56. The zero-order valence-electron chi connectivity index (χ0n) is 21.1. The molecule has 0 radical (unpaired) electrons. The van der Waals surface area contributed by atoms with E-state index in [1.54, 1.807) is 0 Å². The van der Waals surface area contributed by atoms with Crippen molar-refractivity contribution < 1.29 is 38.7 Å². The Morgan fingerprint density at radius 3 is 2.23 bits per heavy atom. The molecule has 4 atom stereocenters. The highest BCUT2D eigenvalue weighted by Crippen LogP contribution is 2.23. The van der Waals surface area contributed by atoms with Crippen LogP contribution in [-0.2, 0) is 33.6 Å². The minimum Gasteiger partial charge on any atom is -0.481 e. The summed E-state index contributed by atoms with van der Waals surface area (Å²) in [6, 6.07) is -5.03. The number of rotatable bonds is 8. The fraction of sp³-hybridized carbons (Fsp3) is 0.600. The molecule has 6 amide bonds. The molecule has 19 heteroatoms. The molecular formula is C20H33N9O8S2. The Morgan fingerprint density at radius 1 is 0.974 bits per heavy atom. The standard InChI is InChI=1S/C20H33N9O8S2/c1-9(30)26-13-8-39-38-7-12(16(21)34)29-18(36)11(5-15(32)33)27-14(31)6-25-17(35)10(28-19(13)37)3-2-4-24-20(22)23/h10-13H,2-8H2,1H3,(H2,21,34)(H,25,35)(H,26,30)(H,27,31)(H,28,37)(H,29,36)(H,32,33)(H4,22,23,24). The third kappa shape index (κ3) is 13.6. The fourth-order valence-corrected chi connectivity index (χ4v) is 5.43. The minimum atomic E-state index is -1.57. The topological polar surface area (TPSA) is 290 Å². The minimum absolute atomic E-state index is 0.0134. The van der Waals surface area contributed by atoms with Crippen LogP contribution in [0.5, 0.6) is 0 Å². The van der Waals surface area contributed by atoms with E-state index in [0.717, 1.165) is 21.6 Å². The Balaban J connectivity index is 3.21. The quantitative estimate of drug-likeness (QED) is 0.0558. The molecule has 0 spiro atoms. The van der Waals surface area contributed by atoms with Crippen LogP contribution in [-0.4, -0.2) is 101 Å². The van der Waals surface area contributed by atoms with Gasteiger partial charge in [-0.25, -0.2) is 0 Å². The van der Waals surface area contributed by atoms with Gasteiger partial charge in [0.1, 0.15) is 24.2 Å². The molecule has 1 fully saturated rings. The van der Waals surface area contributed by atoms with Crippen molar-refractivity contribution in [2.24, 2.45) is 22.2 Å². The monoisotopic (exact) mass is 591 g/mol. The normalized spacial score (nSPS) is 23.6. The highest BCUT2D eigenvalue weighted by molar-refractivity contribution is 8.76. The Morgan fingerprint density at radius 2 is 1.64 bits per heavy atom. The number of carboxylic acids is 1. The van der Waals surface area contributed by atoms with Crippen LogP contribution in [0, 0.1) is 0 Å². The Labute approximate surface area is 231 Å². The van der Waals surface area contributed by atoms with Crippen molar-refractivity contribution in [3.8, 4) is 0 Å². The molecule has 17 nitrogen and oxygen atoms in total. The van der Waals surface area contributed by atoms with Crippen LogP contribution in [0.25, 0.3) is 0 Å². The number of guanidine groups is 1. The summed E-state index contributed by atoms with van der Waals surface area (Å²) in [5.41, 5.74) is 15.9. The Kier molecular flexibility index (Phi) is 14.5. The molecule has 0 aromatic carbocycles. The zero-order chi connectivity index (χ0) is 29.5. The summed E-state index contributed by atoms with van der Waals surface area (Å²) in [5, 5.41) is 21.0. The van der Waals surface area contributed by atoms with Gasteiger partial charge in [-0.3, -0.25) is 38.6 Å². The summed E-state index contributed by atoms with van der Waals surface area (Å²) >= 11 is 0. The van der Waals surface area contributed by atoms with Crippen molar-refractivity contribution >= 4 is 69.0 Å². The molecule has 39 heavy (non-hydrogen) atoms. The first kappa shape index (κ1) is 33.3. The molecule has 0 saturated carbocycles. The van der Waals surface area contributed by atoms with E-state index in [2.05, 4.69) is 31.6 Å². The molecule has 0 aromatic rings. The van der Waals surface area contributed by atoms with E-state index < -0.39 is 78.5 Å². The largest absolute Gasteiger partial charge is 0.481 e. The Bertz CT molecular complexity index is 977. The van der Waals surface area contributed by atoms with Crippen LogP contribution in [0.1, 0.15) is 26.2 Å². The first-order chi connectivity index (χ1) is 18.3. The summed E-state index contributed by atoms with van der Waals surface area (Å²) in [7, 11) is 2.13. The van der Waals surface area contributed by atoms with Gasteiger partial charge >= 0.3 is 5.97 Å². The molecular weight excluding hydrogens is 558 g/mol. The van der Waals surface area contributed by atoms with Gasteiger partial charge in [-0.2, -0.15) is 0 Å². The number of nitrogens with two attached hydrogens (primary N) is 3. The summed E-state index contributed by atoms with van der Waals surface area (Å²) in [6.45, 7) is 0.692. The predicted molar refractivity (Wildman–Crippen MR) is 143 cm³/mol. The molecule has 218 valence electrons. The SMILES string of the molecule is CC(=O)NC1CSSCC(C(N)=O)NC(=O)C(CC(=O)O)NC(=O)CNC(=O)C(CCCN=C(N)N)NC1=O. The molecule has 1 rings (SSSR count). The van der Waals surface area contributed by atoms with Crippen LogP contribution in [0.3, 0.4) is 0 Å². The maximum atomic E-state index is 13.0. The predicted octanol–water partition coefficient (Wildman–Crippen LogP) is -4.53. The molecule has 0 aliphatic carbocycles.